The summed E-state index contributed by atoms with van der Waals surface area (Å²) >= 11 is 0. The molecule has 1 aliphatic rings. The van der Waals surface area contributed by atoms with Gasteiger partial charge < -0.3 is 16.0 Å². The number of nitrogens with zero attached hydrogens (tertiary/aromatic N) is 1. The molecule has 0 heterocycles. The number of carbonyl (C=O) groups excluding carboxylic acids is 2. The van der Waals surface area contributed by atoms with Crippen LogP contribution in [0.15, 0.2) is 0 Å². The zero-order valence-corrected chi connectivity index (χ0v) is 10.9. The number of rotatable bonds is 6. The average molecular weight is 241 g/mol. The van der Waals surface area contributed by atoms with Gasteiger partial charge >= 0.3 is 0 Å². The Balaban J connectivity index is 2.31. The summed E-state index contributed by atoms with van der Waals surface area (Å²) in [7, 11) is 1.62. The van der Waals surface area contributed by atoms with Crippen molar-refractivity contribution in [3.05, 3.63) is 0 Å². The maximum absolute atomic E-state index is 11.8. The molecule has 5 heteroatoms. The average Bonchev–Trinajstić information content (AvgIpc) is 2.98. The quantitative estimate of drug-likeness (QED) is 0.692. The van der Waals surface area contributed by atoms with Gasteiger partial charge in [0.15, 0.2) is 0 Å². The highest BCUT2D eigenvalue weighted by Gasteiger charge is 2.25. The van der Waals surface area contributed by atoms with E-state index in [1.807, 2.05) is 13.8 Å². The van der Waals surface area contributed by atoms with Gasteiger partial charge in [0.2, 0.25) is 11.8 Å². The zero-order chi connectivity index (χ0) is 13.0. The molecule has 0 bridgehead atoms. The molecule has 1 rings (SSSR count). The van der Waals surface area contributed by atoms with Crippen LogP contribution in [0, 0.1) is 5.92 Å². The van der Waals surface area contributed by atoms with Crippen molar-refractivity contribution in [2.45, 2.75) is 45.2 Å². The largest absolute Gasteiger partial charge is 0.352 e. The monoisotopic (exact) mass is 241 g/mol. The number of hydrogen-bond donors (Lipinski definition) is 2. The van der Waals surface area contributed by atoms with Gasteiger partial charge in [-0.15, -0.1) is 0 Å². The molecular weight excluding hydrogens is 218 g/mol. The van der Waals surface area contributed by atoms with E-state index in [0.29, 0.717) is 18.4 Å². The van der Waals surface area contributed by atoms with Gasteiger partial charge in [-0.3, -0.25) is 9.59 Å². The Kier molecular flexibility index (Phi) is 4.93. The second-order valence-corrected chi connectivity index (χ2v) is 5.27. The van der Waals surface area contributed by atoms with Crippen LogP contribution in [0.4, 0.5) is 0 Å². The Labute approximate surface area is 103 Å². The zero-order valence-electron chi connectivity index (χ0n) is 10.9. The van der Waals surface area contributed by atoms with E-state index in [1.54, 1.807) is 7.05 Å². The van der Waals surface area contributed by atoms with Gasteiger partial charge in [-0.25, -0.2) is 0 Å². The summed E-state index contributed by atoms with van der Waals surface area (Å²) in [6, 6.07) is -0.177. The van der Waals surface area contributed by atoms with Crippen molar-refractivity contribution in [3.8, 4) is 0 Å². The third-order valence-electron chi connectivity index (χ3n) is 2.74. The first-order valence-electron chi connectivity index (χ1n) is 6.20. The fourth-order valence-corrected chi connectivity index (χ4v) is 1.69. The fourth-order valence-electron chi connectivity index (χ4n) is 1.69. The van der Waals surface area contributed by atoms with Crippen LogP contribution in [-0.4, -0.2) is 42.4 Å². The SMILES string of the molecule is CC(C)C[C@H](N)C(=O)N(C)CC(=O)NC1CC1. The molecule has 0 spiro atoms. The first kappa shape index (κ1) is 14.0. The number of amides is 2. The van der Waals surface area contributed by atoms with Gasteiger partial charge in [0.1, 0.15) is 0 Å². The van der Waals surface area contributed by atoms with Crippen LogP contribution in [0.25, 0.3) is 0 Å². The molecule has 1 atom stereocenters. The molecular formula is C12H23N3O2. The summed E-state index contributed by atoms with van der Waals surface area (Å²) in [4.78, 5) is 24.8. The van der Waals surface area contributed by atoms with E-state index in [9.17, 15) is 9.59 Å². The van der Waals surface area contributed by atoms with Crippen LogP contribution in [0.2, 0.25) is 0 Å². The summed E-state index contributed by atoms with van der Waals surface area (Å²) in [5, 5.41) is 2.85. The smallest absolute Gasteiger partial charge is 0.239 e. The number of nitrogens with one attached hydrogen (secondary N) is 1. The molecule has 0 aromatic carbocycles. The first-order valence-corrected chi connectivity index (χ1v) is 6.20. The normalized spacial score (nSPS) is 16.8. The predicted octanol–water partition coefficient (Wildman–Crippen LogP) is 0.0968. The molecule has 0 radical (unpaired) electrons. The molecule has 5 nitrogen and oxygen atoms in total. The lowest BCUT2D eigenvalue weighted by atomic mass is 10.0. The number of likely N-dealkylation sites (N-methyl/N-ethyl adjacent to an activating group) is 1. The van der Waals surface area contributed by atoms with E-state index in [4.69, 9.17) is 5.73 Å². The molecule has 0 aromatic heterocycles. The van der Waals surface area contributed by atoms with E-state index in [1.165, 1.54) is 4.90 Å². The molecule has 3 N–H and O–H groups in total. The van der Waals surface area contributed by atoms with Gasteiger partial charge in [-0.1, -0.05) is 13.8 Å². The van der Waals surface area contributed by atoms with Crippen molar-refractivity contribution < 1.29 is 9.59 Å². The second kappa shape index (κ2) is 6.00. The highest BCUT2D eigenvalue weighted by molar-refractivity contribution is 5.87. The topological polar surface area (TPSA) is 75.4 Å². The summed E-state index contributed by atoms with van der Waals surface area (Å²) in [5.74, 6) is 0.118. The van der Waals surface area contributed by atoms with Gasteiger partial charge in [0.25, 0.3) is 0 Å². The molecule has 17 heavy (non-hydrogen) atoms. The lowest BCUT2D eigenvalue weighted by Gasteiger charge is -2.21. The maximum atomic E-state index is 11.8. The fraction of sp³-hybridized carbons (Fsp3) is 0.833. The summed E-state index contributed by atoms with van der Waals surface area (Å²) < 4.78 is 0. The van der Waals surface area contributed by atoms with E-state index >= 15 is 0 Å². The Morgan fingerprint density at radius 1 is 1.41 bits per heavy atom. The van der Waals surface area contributed by atoms with E-state index < -0.39 is 6.04 Å². The lowest BCUT2D eigenvalue weighted by molar-refractivity contribution is -0.136. The minimum atomic E-state index is -0.506. The molecule has 0 aromatic rings. The molecule has 1 fully saturated rings. The van der Waals surface area contributed by atoms with Crippen molar-refractivity contribution in [3.63, 3.8) is 0 Å². The predicted molar refractivity (Wildman–Crippen MR) is 66.2 cm³/mol. The minimum absolute atomic E-state index is 0.0971. The van der Waals surface area contributed by atoms with Crippen LogP contribution in [0.3, 0.4) is 0 Å². The van der Waals surface area contributed by atoms with Crippen molar-refractivity contribution in [2.75, 3.05) is 13.6 Å². The number of hydrogen-bond acceptors (Lipinski definition) is 3. The summed E-state index contributed by atoms with van der Waals surface area (Å²) in [6.45, 7) is 4.14. The van der Waals surface area contributed by atoms with Crippen LogP contribution >= 0.6 is 0 Å². The minimum Gasteiger partial charge on any atom is -0.352 e. The molecule has 1 saturated carbocycles. The van der Waals surface area contributed by atoms with Crippen LogP contribution in [0.1, 0.15) is 33.1 Å². The van der Waals surface area contributed by atoms with Gasteiger partial charge in [-0.05, 0) is 25.2 Å². The van der Waals surface area contributed by atoms with Gasteiger partial charge in [0.05, 0.1) is 12.6 Å². The standard InChI is InChI=1S/C12H23N3O2/c1-8(2)6-10(13)12(17)15(3)7-11(16)14-9-4-5-9/h8-10H,4-7,13H2,1-3H3,(H,14,16)/t10-/m0/s1. The molecule has 2 amide bonds. The van der Waals surface area contributed by atoms with Gasteiger partial charge in [0, 0.05) is 13.1 Å². The molecule has 0 saturated heterocycles. The van der Waals surface area contributed by atoms with Crippen molar-refractivity contribution in [2.24, 2.45) is 11.7 Å². The number of carbonyl (C=O) groups is 2. The molecule has 1 aliphatic carbocycles. The summed E-state index contributed by atoms with van der Waals surface area (Å²) in [6.07, 6.45) is 2.75. The summed E-state index contributed by atoms with van der Waals surface area (Å²) in [5.41, 5.74) is 5.79. The lowest BCUT2D eigenvalue weighted by Crippen LogP contribution is -2.46. The van der Waals surface area contributed by atoms with Crippen LogP contribution in [0.5, 0.6) is 0 Å². The Morgan fingerprint density at radius 2 is 2.00 bits per heavy atom. The van der Waals surface area contributed by atoms with Gasteiger partial charge in [-0.2, -0.15) is 0 Å². The van der Waals surface area contributed by atoms with E-state index in [2.05, 4.69) is 5.32 Å². The Bertz CT molecular complexity index is 287. The van der Waals surface area contributed by atoms with Crippen molar-refractivity contribution >= 4 is 11.8 Å². The van der Waals surface area contributed by atoms with Crippen LogP contribution < -0.4 is 11.1 Å². The third-order valence-corrected chi connectivity index (χ3v) is 2.74. The number of nitrogens with two attached hydrogens (primary N) is 1. The highest BCUT2D eigenvalue weighted by Crippen LogP contribution is 2.18. The van der Waals surface area contributed by atoms with Crippen LogP contribution in [-0.2, 0) is 9.59 Å². The Morgan fingerprint density at radius 3 is 2.47 bits per heavy atom. The Hall–Kier alpha value is -1.10. The maximum Gasteiger partial charge on any atom is 0.239 e. The molecule has 98 valence electrons. The molecule has 0 unspecified atom stereocenters. The van der Waals surface area contributed by atoms with E-state index in [-0.39, 0.29) is 18.4 Å². The molecule has 0 aliphatic heterocycles. The third kappa shape index (κ3) is 5.17. The second-order valence-electron chi connectivity index (χ2n) is 5.27. The van der Waals surface area contributed by atoms with Crippen molar-refractivity contribution in [1.82, 2.24) is 10.2 Å². The first-order chi connectivity index (χ1) is 7.90. The van der Waals surface area contributed by atoms with Crippen molar-refractivity contribution in [1.29, 1.82) is 0 Å². The highest BCUT2D eigenvalue weighted by atomic mass is 16.2. The van der Waals surface area contributed by atoms with E-state index in [0.717, 1.165) is 12.8 Å².